The van der Waals surface area contributed by atoms with Crippen molar-refractivity contribution in [3.8, 4) is 11.5 Å². The second-order valence-corrected chi connectivity index (χ2v) is 5.24. The van der Waals surface area contributed by atoms with Crippen LogP contribution in [0.2, 0.25) is 0 Å². The van der Waals surface area contributed by atoms with Gasteiger partial charge in [-0.25, -0.2) is 0 Å². The summed E-state index contributed by atoms with van der Waals surface area (Å²) in [6.45, 7) is 0.0827. The molecule has 2 rings (SSSR count). The molecule has 2 aromatic carbocycles. The molecule has 0 fully saturated rings. The molecule has 0 aromatic heterocycles. The van der Waals surface area contributed by atoms with Crippen LogP contribution < -0.4 is 9.47 Å². The number of carbonyl (C=O) groups excluding carboxylic acids is 1. The predicted molar refractivity (Wildman–Crippen MR) is 83.0 cm³/mol. The molecule has 110 valence electrons. The van der Waals surface area contributed by atoms with Gasteiger partial charge in [-0.15, -0.1) is 0 Å². The molecule has 0 aliphatic carbocycles. The van der Waals surface area contributed by atoms with E-state index in [1.807, 2.05) is 30.3 Å². The highest BCUT2D eigenvalue weighted by Crippen LogP contribution is 2.36. The summed E-state index contributed by atoms with van der Waals surface area (Å²) in [6.07, 6.45) is -0.0101. The minimum absolute atomic E-state index is 0.0827. The first-order valence-corrected chi connectivity index (χ1v) is 7.13. The van der Waals surface area contributed by atoms with Gasteiger partial charge in [-0.05, 0) is 33.6 Å². The highest BCUT2D eigenvalue weighted by atomic mass is 79.9. The van der Waals surface area contributed by atoms with Crippen LogP contribution in [0.15, 0.2) is 46.9 Å². The third-order valence-electron chi connectivity index (χ3n) is 2.96. The largest absolute Gasteiger partial charge is 0.493 e. The zero-order chi connectivity index (χ0) is 15.2. The van der Waals surface area contributed by atoms with Gasteiger partial charge in [0.25, 0.3) is 0 Å². The number of ether oxygens (including phenoxy) is 2. The minimum Gasteiger partial charge on any atom is -0.493 e. The summed E-state index contributed by atoms with van der Waals surface area (Å²) in [6, 6.07) is 12.5. The van der Waals surface area contributed by atoms with E-state index in [1.54, 1.807) is 12.1 Å². The van der Waals surface area contributed by atoms with Crippen LogP contribution in [-0.4, -0.2) is 25.1 Å². The van der Waals surface area contributed by atoms with Crippen molar-refractivity contribution in [2.45, 2.75) is 6.10 Å². The maximum atomic E-state index is 10.8. The Labute approximate surface area is 131 Å². The van der Waals surface area contributed by atoms with Crippen molar-refractivity contribution < 1.29 is 19.4 Å². The molecule has 0 bridgehead atoms. The van der Waals surface area contributed by atoms with Gasteiger partial charge in [0.15, 0.2) is 11.5 Å². The molecule has 1 atom stereocenters. The van der Waals surface area contributed by atoms with Crippen LogP contribution in [0.5, 0.6) is 11.5 Å². The van der Waals surface area contributed by atoms with Crippen molar-refractivity contribution in [3.63, 3.8) is 0 Å². The lowest BCUT2D eigenvalue weighted by atomic mass is 10.1. The highest BCUT2D eigenvalue weighted by Gasteiger charge is 2.14. The SMILES string of the molecule is COc1cc(C=O)cc(Br)c1OCC(O)c1ccccc1. The van der Waals surface area contributed by atoms with Gasteiger partial charge in [0.1, 0.15) is 19.0 Å². The summed E-state index contributed by atoms with van der Waals surface area (Å²) in [5.41, 5.74) is 1.26. The smallest absolute Gasteiger partial charge is 0.175 e. The lowest BCUT2D eigenvalue weighted by Crippen LogP contribution is -2.10. The molecule has 0 saturated carbocycles. The first-order valence-electron chi connectivity index (χ1n) is 6.34. The van der Waals surface area contributed by atoms with Gasteiger partial charge in [0.2, 0.25) is 0 Å². The molecule has 0 radical (unpaired) electrons. The fourth-order valence-corrected chi connectivity index (χ4v) is 2.46. The first kappa shape index (κ1) is 15.5. The first-order chi connectivity index (χ1) is 10.2. The van der Waals surface area contributed by atoms with E-state index < -0.39 is 6.10 Å². The van der Waals surface area contributed by atoms with Gasteiger partial charge in [-0.1, -0.05) is 30.3 Å². The number of carbonyl (C=O) groups is 1. The molecule has 1 N–H and O–H groups in total. The molecular weight excluding hydrogens is 336 g/mol. The van der Waals surface area contributed by atoms with Crippen LogP contribution in [0.3, 0.4) is 0 Å². The monoisotopic (exact) mass is 350 g/mol. The van der Waals surface area contributed by atoms with Crippen LogP contribution in [-0.2, 0) is 0 Å². The van der Waals surface area contributed by atoms with Crippen molar-refractivity contribution in [1.82, 2.24) is 0 Å². The number of hydrogen-bond donors (Lipinski definition) is 1. The number of aldehydes is 1. The van der Waals surface area contributed by atoms with Crippen LogP contribution in [0.25, 0.3) is 0 Å². The zero-order valence-corrected chi connectivity index (χ0v) is 13.0. The maximum Gasteiger partial charge on any atom is 0.175 e. The summed E-state index contributed by atoms with van der Waals surface area (Å²) in [5, 5.41) is 10.1. The van der Waals surface area contributed by atoms with E-state index in [-0.39, 0.29) is 6.61 Å². The summed E-state index contributed by atoms with van der Waals surface area (Å²) >= 11 is 3.34. The maximum absolute atomic E-state index is 10.8. The molecule has 21 heavy (non-hydrogen) atoms. The molecule has 0 amide bonds. The molecule has 0 saturated heterocycles. The molecule has 1 unspecified atom stereocenters. The third kappa shape index (κ3) is 3.83. The lowest BCUT2D eigenvalue weighted by molar-refractivity contribution is 0.105. The van der Waals surface area contributed by atoms with Gasteiger partial charge < -0.3 is 14.6 Å². The van der Waals surface area contributed by atoms with Crippen LogP contribution in [0, 0.1) is 0 Å². The van der Waals surface area contributed by atoms with Crippen LogP contribution in [0.1, 0.15) is 22.0 Å². The molecule has 4 nitrogen and oxygen atoms in total. The Bertz CT molecular complexity index is 613. The molecule has 0 heterocycles. The molecule has 5 heteroatoms. The predicted octanol–water partition coefficient (Wildman–Crippen LogP) is 3.38. The molecule has 0 spiro atoms. The number of benzene rings is 2. The Morgan fingerprint density at radius 2 is 2.00 bits per heavy atom. The van der Waals surface area contributed by atoms with Crippen molar-refractivity contribution in [2.75, 3.05) is 13.7 Å². The average molecular weight is 351 g/mol. The van der Waals surface area contributed by atoms with Gasteiger partial charge in [-0.2, -0.15) is 0 Å². The third-order valence-corrected chi connectivity index (χ3v) is 3.55. The second kappa shape index (κ2) is 7.24. The van der Waals surface area contributed by atoms with E-state index in [0.717, 1.165) is 11.8 Å². The van der Waals surface area contributed by atoms with Gasteiger partial charge in [0.05, 0.1) is 11.6 Å². The highest BCUT2D eigenvalue weighted by molar-refractivity contribution is 9.10. The lowest BCUT2D eigenvalue weighted by Gasteiger charge is -2.16. The zero-order valence-electron chi connectivity index (χ0n) is 11.5. The van der Waals surface area contributed by atoms with Crippen molar-refractivity contribution in [2.24, 2.45) is 0 Å². The van der Waals surface area contributed by atoms with Crippen LogP contribution in [0.4, 0.5) is 0 Å². The quantitative estimate of drug-likeness (QED) is 0.811. The Balaban J connectivity index is 2.14. The van der Waals surface area contributed by atoms with Gasteiger partial charge in [0, 0.05) is 5.56 Å². The van der Waals surface area contributed by atoms with Crippen molar-refractivity contribution in [3.05, 3.63) is 58.1 Å². The average Bonchev–Trinajstić information content (AvgIpc) is 2.53. The van der Waals surface area contributed by atoms with Gasteiger partial charge >= 0.3 is 0 Å². The number of methoxy groups -OCH3 is 1. The Hall–Kier alpha value is -1.85. The van der Waals surface area contributed by atoms with E-state index in [2.05, 4.69) is 15.9 Å². The molecule has 0 aliphatic heterocycles. The van der Waals surface area contributed by atoms with Crippen molar-refractivity contribution in [1.29, 1.82) is 0 Å². The Morgan fingerprint density at radius 1 is 1.29 bits per heavy atom. The van der Waals surface area contributed by atoms with Crippen LogP contribution >= 0.6 is 15.9 Å². The Kier molecular flexibility index (Phi) is 5.36. The van der Waals surface area contributed by atoms with E-state index >= 15 is 0 Å². The molecular formula is C16H15BrO4. The number of aliphatic hydroxyl groups is 1. The fraction of sp³-hybridized carbons (Fsp3) is 0.188. The number of hydrogen-bond acceptors (Lipinski definition) is 4. The van der Waals surface area contributed by atoms with E-state index in [4.69, 9.17) is 9.47 Å². The van der Waals surface area contributed by atoms with Crippen molar-refractivity contribution >= 4 is 22.2 Å². The summed E-state index contributed by atoms with van der Waals surface area (Å²) in [7, 11) is 1.50. The molecule has 2 aromatic rings. The van der Waals surface area contributed by atoms with E-state index in [1.165, 1.54) is 7.11 Å². The Morgan fingerprint density at radius 3 is 2.62 bits per heavy atom. The normalized spacial score (nSPS) is 11.8. The summed E-state index contributed by atoms with van der Waals surface area (Å²) in [4.78, 5) is 10.8. The fourth-order valence-electron chi connectivity index (χ4n) is 1.88. The molecule has 0 aliphatic rings. The van der Waals surface area contributed by atoms with E-state index in [9.17, 15) is 9.90 Å². The summed E-state index contributed by atoms with van der Waals surface area (Å²) < 4.78 is 11.4. The minimum atomic E-state index is -0.742. The second-order valence-electron chi connectivity index (χ2n) is 4.39. The summed E-state index contributed by atoms with van der Waals surface area (Å²) in [5.74, 6) is 0.893. The van der Waals surface area contributed by atoms with E-state index in [0.29, 0.717) is 21.5 Å². The number of rotatable bonds is 6. The van der Waals surface area contributed by atoms with Gasteiger partial charge in [-0.3, -0.25) is 4.79 Å². The number of aliphatic hydroxyl groups excluding tert-OH is 1. The topological polar surface area (TPSA) is 55.8 Å². The number of halogens is 1. The standard InChI is InChI=1S/C16H15BrO4/c1-20-15-8-11(9-18)7-13(17)16(15)21-10-14(19)12-5-3-2-4-6-12/h2-9,14,19H,10H2,1H3.